The standard InChI is InChI=1S/C8H7FN2O2/c9-5-1-4(10)2-6-8(5)11-7(3-12)13-6/h1-2,12H,3,10H2. The number of fused-ring (bicyclic) bond motifs is 1. The molecule has 1 heterocycles. The third kappa shape index (κ3) is 1.23. The van der Waals surface area contributed by atoms with E-state index >= 15 is 0 Å². The van der Waals surface area contributed by atoms with Gasteiger partial charge in [-0.15, -0.1) is 0 Å². The third-order valence-corrected chi connectivity index (χ3v) is 1.65. The Hall–Kier alpha value is -1.62. The predicted molar refractivity (Wildman–Crippen MR) is 44.3 cm³/mol. The molecule has 0 saturated heterocycles. The van der Waals surface area contributed by atoms with Crippen LogP contribution in [0.15, 0.2) is 16.5 Å². The lowest BCUT2D eigenvalue weighted by molar-refractivity contribution is 0.244. The van der Waals surface area contributed by atoms with E-state index in [-0.39, 0.29) is 29.3 Å². The second-order valence-electron chi connectivity index (χ2n) is 2.62. The Morgan fingerprint density at radius 3 is 3.00 bits per heavy atom. The molecule has 1 aromatic carbocycles. The first-order chi connectivity index (χ1) is 6.20. The average molecular weight is 182 g/mol. The van der Waals surface area contributed by atoms with Crippen molar-refractivity contribution in [2.75, 3.05) is 5.73 Å². The number of oxazole rings is 1. The molecule has 13 heavy (non-hydrogen) atoms. The Kier molecular flexibility index (Phi) is 1.66. The van der Waals surface area contributed by atoms with Crippen LogP contribution >= 0.6 is 0 Å². The summed E-state index contributed by atoms with van der Waals surface area (Å²) in [6.07, 6.45) is 0. The zero-order valence-corrected chi connectivity index (χ0v) is 6.62. The van der Waals surface area contributed by atoms with E-state index in [4.69, 9.17) is 15.3 Å². The summed E-state index contributed by atoms with van der Waals surface area (Å²) in [6.45, 7) is -0.353. The van der Waals surface area contributed by atoms with Crippen molar-refractivity contribution in [3.05, 3.63) is 23.8 Å². The number of aliphatic hydroxyl groups is 1. The van der Waals surface area contributed by atoms with Crippen LogP contribution in [-0.2, 0) is 6.61 Å². The van der Waals surface area contributed by atoms with Crippen LogP contribution in [0.2, 0.25) is 0 Å². The van der Waals surface area contributed by atoms with Crippen LogP contribution in [0.4, 0.5) is 10.1 Å². The van der Waals surface area contributed by atoms with Crippen LogP contribution in [0.3, 0.4) is 0 Å². The second-order valence-corrected chi connectivity index (χ2v) is 2.62. The number of hydrogen-bond acceptors (Lipinski definition) is 4. The maximum Gasteiger partial charge on any atom is 0.221 e. The van der Waals surface area contributed by atoms with Gasteiger partial charge in [-0.1, -0.05) is 0 Å². The van der Waals surface area contributed by atoms with Gasteiger partial charge in [-0.25, -0.2) is 9.37 Å². The van der Waals surface area contributed by atoms with Crippen molar-refractivity contribution < 1.29 is 13.9 Å². The van der Waals surface area contributed by atoms with Crippen molar-refractivity contribution in [2.45, 2.75) is 6.61 Å². The van der Waals surface area contributed by atoms with Gasteiger partial charge >= 0.3 is 0 Å². The fourth-order valence-corrected chi connectivity index (χ4v) is 1.12. The molecule has 0 aliphatic rings. The SMILES string of the molecule is Nc1cc(F)c2nc(CO)oc2c1. The number of nitrogens with two attached hydrogens (primary N) is 1. The summed E-state index contributed by atoms with van der Waals surface area (Å²) in [5, 5.41) is 8.69. The van der Waals surface area contributed by atoms with Gasteiger partial charge in [0.1, 0.15) is 12.1 Å². The minimum Gasteiger partial charge on any atom is -0.438 e. The Morgan fingerprint density at radius 2 is 2.31 bits per heavy atom. The second kappa shape index (κ2) is 2.70. The number of hydrogen-bond donors (Lipinski definition) is 2. The molecule has 0 atom stereocenters. The molecule has 0 saturated carbocycles. The Bertz CT molecular complexity index is 453. The van der Waals surface area contributed by atoms with Gasteiger partial charge in [0.2, 0.25) is 5.89 Å². The van der Waals surface area contributed by atoms with Crippen LogP contribution in [-0.4, -0.2) is 10.1 Å². The number of halogens is 1. The van der Waals surface area contributed by atoms with Crippen molar-refractivity contribution in [3.63, 3.8) is 0 Å². The van der Waals surface area contributed by atoms with E-state index < -0.39 is 5.82 Å². The summed E-state index contributed by atoms with van der Waals surface area (Å²) in [5.74, 6) is -0.460. The molecule has 1 aromatic heterocycles. The molecule has 2 aromatic rings. The quantitative estimate of drug-likeness (QED) is 0.646. The zero-order chi connectivity index (χ0) is 9.42. The van der Waals surface area contributed by atoms with E-state index in [9.17, 15) is 4.39 Å². The molecule has 0 amide bonds. The molecule has 2 rings (SSSR count). The summed E-state index contributed by atoms with van der Waals surface area (Å²) in [6, 6.07) is 2.62. The van der Waals surface area contributed by atoms with Crippen LogP contribution in [0, 0.1) is 5.82 Å². The molecule has 3 N–H and O–H groups in total. The minimum absolute atomic E-state index is 0.0829. The van der Waals surface area contributed by atoms with Gasteiger partial charge in [-0.05, 0) is 6.07 Å². The van der Waals surface area contributed by atoms with Gasteiger partial charge < -0.3 is 15.3 Å². The number of benzene rings is 1. The van der Waals surface area contributed by atoms with Crippen LogP contribution in [0.25, 0.3) is 11.1 Å². The molecule has 5 heteroatoms. The zero-order valence-electron chi connectivity index (χ0n) is 6.62. The summed E-state index contributed by atoms with van der Waals surface area (Å²) in [5.41, 5.74) is 6.00. The van der Waals surface area contributed by atoms with Crippen LogP contribution < -0.4 is 5.73 Å². The molecule has 0 bridgehead atoms. The molecule has 4 nitrogen and oxygen atoms in total. The fourth-order valence-electron chi connectivity index (χ4n) is 1.12. The Labute approximate surface area is 72.8 Å². The monoisotopic (exact) mass is 182 g/mol. The molecule has 0 unspecified atom stereocenters. The van der Waals surface area contributed by atoms with Gasteiger partial charge in [0.15, 0.2) is 11.4 Å². The van der Waals surface area contributed by atoms with Crippen molar-refractivity contribution in [1.82, 2.24) is 4.98 Å². The highest BCUT2D eigenvalue weighted by molar-refractivity contribution is 5.77. The molecule has 0 spiro atoms. The lowest BCUT2D eigenvalue weighted by Crippen LogP contribution is -1.86. The highest BCUT2D eigenvalue weighted by atomic mass is 19.1. The summed E-state index contributed by atoms with van der Waals surface area (Å²) >= 11 is 0. The Morgan fingerprint density at radius 1 is 1.54 bits per heavy atom. The smallest absolute Gasteiger partial charge is 0.221 e. The maximum atomic E-state index is 13.1. The van der Waals surface area contributed by atoms with Gasteiger partial charge in [-0.2, -0.15) is 0 Å². The van der Waals surface area contributed by atoms with E-state index in [1.807, 2.05) is 0 Å². The van der Waals surface area contributed by atoms with Gasteiger partial charge in [0.25, 0.3) is 0 Å². The summed E-state index contributed by atoms with van der Waals surface area (Å²) < 4.78 is 18.1. The van der Waals surface area contributed by atoms with Crippen molar-refractivity contribution in [2.24, 2.45) is 0 Å². The van der Waals surface area contributed by atoms with Crippen molar-refractivity contribution in [1.29, 1.82) is 0 Å². The first kappa shape index (κ1) is 8.00. The first-order valence-corrected chi connectivity index (χ1v) is 3.66. The third-order valence-electron chi connectivity index (χ3n) is 1.65. The van der Waals surface area contributed by atoms with E-state index in [0.29, 0.717) is 0 Å². The number of rotatable bonds is 1. The number of aliphatic hydroxyl groups excluding tert-OH is 1. The lowest BCUT2D eigenvalue weighted by atomic mass is 10.3. The highest BCUT2D eigenvalue weighted by Gasteiger charge is 2.09. The van der Waals surface area contributed by atoms with Crippen LogP contribution in [0.5, 0.6) is 0 Å². The number of anilines is 1. The number of aromatic nitrogens is 1. The van der Waals surface area contributed by atoms with E-state index in [1.54, 1.807) is 0 Å². The van der Waals surface area contributed by atoms with Gasteiger partial charge in [-0.3, -0.25) is 0 Å². The lowest BCUT2D eigenvalue weighted by Gasteiger charge is -1.91. The average Bonchev–Trinajstić information content (AvgIpc) is 2.47. The predicted octanol–water partition coefficient (Wildman–Crippen LogP) is 1.04. The minimum atomic E-state index is -0.543. The molecule has 68 valence electrons. The van der Waals surface area contributed by atoms with E-state index in [2.05, 4.69) is 4.98 Å². The molecule has 0 fully saturated rings. The van der Waals surface area contributed by atoms with Gasteiger partial charge in [0, 0.05) is 11.8 Å². The number of nitrogens with zero attached hydrogens (tertiary/aromatic N) is 1. The van der Waals surface area contributed by atoms with E-state index in [0.717, 1.165) is 6.07 Å². The largest absolute Gasteiger partial charge is 0.438 e. The van der Waals surface area contributed by atoms with Crippen molar-refractivity contribution in [3.8, 4) is 0 Å². The first-order valence-electron chi connectivity index (χ1n) is 3.66. The maximum absolute atomic E-state index is 13.1. The normalized spacial score (nSPS) is 10.9. The van der Waals surface area contributed by atoms with Crippen molar-refractivity contribution >= 4 is 16.8 Å². The fraction of sp³-hybridized carbons (Fsp3) is 0.125. The summed E-state index contributed by atoms with van der Waals surface area (Å²) in [7, 11) is 0. The Balaban J connectivity index is 2.75. The molecule has 0 aliphatic heterocycles. The molecular formula is C8H7FN2O2. The topological polar surface area (TPSA) is 72.3 Å². The molecule has 0 radical (unpaired) electrons. The molecular weight excluding hydrogens is 175 g/mol. The van der Waals surface area contributed by atoms with Gasteiger partial charge in [0.05, 0.1) is 0 Å². The molecule has 0 aliphatic carbocycles. The highest BCUT2D eigenvalue weighted by Crippen LogP contribution is 2.21. The summed E-state index contributed by atoms with van der Waals surface area (Å²) in [4.78, 5) is 3.72. The van der Waals surface area contributed by atoms with Crippen LogP contribution in [0.1, 0.15) is 5.89 Å². The number of nitrogen functional groups attached to an aromatic ring is 1. The van der Waals surface area contributed by atoms with E-state index in [1.165, 1.54) is 6.07 Å².